The third-order valence-corrected chi connectivity index (χ3v) is 5.64. The molecule has 4 rings (SSSR count). The van der Waals surface area contributed by atoms with Crippen LogP contribution in [0, 0.1) is 13.8 Å². The van der Waals surface area contributed by atoms with E-state index in [1.165, 1.54) is 6.20 Å². The lowest BCUT2D eigenvalue weighted by atomic mass is 10.1. The van der Waals surface area contributed by atoms with Gasteiger partial charge >= 0.3 is 0 Å². The van der Waals surface area contributed by atoms with E-state index in [-0.39, 0.29) is 11.2 Å². The fourth-order valence-corrected chi connectivity index (χ4v) is 3.92. The largest absolute Gasteiger partial charge is 0.427 e. The van der Waals surface area contributed by atoms with Crippen LogP contribution in [0.1, 0.15) is 21.6 Å². The average Bonchev–Trinajstić information content (AvgIpc) is 3.07. The van der Waals surface area contributed by atoms with Crippen molar-refractivity contribution in [3.63, 3.8) is 0 Å². The topological polar surface area (TPSA) is 72.4 Å². The number of nitrogens with zero attached hydrogens (tertiary/aromatic N) is 4. The number of carbonyl (C=O) groups excluding carboxylic acids is 1. The average molecular weight is 488 g/mol. The van der Waals surface area contributed by atoms with Crippen LogP contribution < -0.4 is 5.49 Å². The Hall–Kier alpha value is -3.06. The van der Waals surface area contributed by atoms with E-state index in [2.05, 4.69) is 10.1 Å². The smallest absolute Gasteiger partial charge is 0.299 e. The number of amides is 1. The minimum atomic E-state index is -0.604. The van der Waals surface area contributed by atoms with Crippen LogP contribution >= 0.6 is 34.8 Å². The zero-order chi connectivity index (χ0) is 23.0. The summed E-state index contributed by atoms with van der Waals surface area (Å²) in [5.41, 5.74) is 3.64. The highest BCUT2D eigenvalue weighted by Crippen LogP contribution is 2.33. The van der Waals surface area contributed by atoms with Crippen molar-refractivity contribution in [2.24, 2.45) is 4.99 Å². The van der Waals surface area contributed by atoms with Crippen LogP contribution in [-0.4, -0.2) is 25.6 Å². The SMILES string of the molecule is Cc1ccc(=NC(=O)c2nn(-c3ccc(Cl)cc3Cl)c(-c3ccc(Cl)cc3)c2C)n(O)c1. The van der Waals surface area contributed by atoms with Gasteiger partial charge < -0.3 is 5.21 Å². The molecule has 2 aromatic heterocycles. The first-order valence-corrected chi connectivity index (χ1v) is 10.7. The number of rotatable bonds is 3. The number of aryl methyl sites for hydroxylation is 1. The number of halogens is 3. The van der Waals surface area contributed by atoms with Crippen LogP contribution in [0.15, 0.2) is 65.8 Å². The maximum absolute atomic E-state index is 13.1. The van der Waals surface area contributed by atoms with E-state index in [0.29, 0.717) is 32.0 Å². The molecule has 6 nitrogen and oxygen atoms in total. The predicted octanol–water partition coefficient (Wildman–Crippen LogP) is 5.90. The molecule has 162 valence electrons. The lowest BCUT2D eigenvalue weighted by Gasteiger charge is -2.11. The van der Waals surface area contributed by atoms with Crippen molar-refractivity contribution < 1.29 is 10.0 Å². The van der Waals surface area contributed by atoms with E-state index < -0.39 is 5.91 Å². The van der Waals surface area contributed by atoms with Crippen molar-refractivity contribution in [1.29, 1.82) is 0 Å². The highest BCUT2D eigenvalue weighted by molar-refractivity contribution is 6.35. The first kappa shape index (κ1) is 22.1. The van der Waals surface area contributed by atoms with Gasteiger partial charge in [-0.05, 0) is 55.8 Å². The Morgan fingerprint density at radius 3 is 2.31 bits per heavy atom. The molecule has 0 bridgehead atoms. The minimum Gasteiger partial charge on any atom is -0.427 e. The normalized spacial score (nSPS) is 11.7. The van der Waals surface area contributed by atoms with E-state index in [4.69, 9.17) is 34.8 Å². The molecule has 9 heteroatoms. The second kappa shape index (κ2) is 8.82. The molecule has 4 aromatic rings. The molecule has 0 radical (unpaired) electrons. The maximum atomic E-state index is 13.1. The molecule has 2 aromatic carbocycles. The van der Waals surface area contributed by atoms with Gasteiger partial charge in [-0.1, -0.05) is 53.0 Å². The summed E-state index contributed by atoms with van der Waals surface area (Å²) in [4.78, 5) is 17.1. The molecule has 0 saturated carbocycles. The molecule has 0 spiro atoms. The van der Waals surface area contributed by atoms with E-state index in [9.17, 15) is 10.0 Å². The zero-order valence-corrected chi connectivity index (χ0v) is 19.3. The highest BCUT2D eigenvalue weighted by Gasteiger charge is 2.23. The van der Waals surface area contributed by atoms with Crippen molar-refractivity contribution in [3.05, 3.63) is 98.2 Å². The molecular formula is C23H17Cl3N4O2. The van der Waals surface area contributed by atoms with Crippen LogP contribution in [0.4, 0.5) is 0 Å². The van der Waals surface area contributed by atoms with Crippen LogP contribution in [0.3, 0.4) is 0 Å². The molecule has 1 N–H and O–H groups in total. The van der Waals surface area contributed by atoms with Gasteiger partial charge in [0.05, 0.1) is 16.4 Å². The number of pyridine rings is 1. The Morgan fingerprint density at radius 2 is 1.66 bits per heavy atom. The molecule has 32 heavy (non-hydrogen) atoms. The summed E-state index contributed by atoms with van der Waals surface area (Å²) in [6.45, 7) is 3.60. The van der Waals surface area contributed by atoms with Gasteiger partial charge in [-0.3, -0.25) is 4.79 Å². The van der Waals surface area contributed by atoms with Crippen LogP contribution in [0.25, 0.3) is 16.9 Å². The number of hydrogen-bond acceptors (Lipinski definition) is 3. The Morgan fingerprint density at radius 1 is 0.969 bits per heavy atom. The standard InChI is InChI=1S/C23H17Cl3N4O2/c1-13-3-10-20(29(32)12-13)27-23(31)21-14(2)22(15-4-6-16(24)7-5-15)30(28-21)19-9-8-17(25)11-18(19)26/h3-12,32H,1-2H3. The van der Waals surface area contributed by atoms with Crippen molar-refractivity contribution in [1.82, 2.24) is 14.5 Å². The van der Waals surface area contributed by atoms with Gasteiger partial charge in [-0.2, -0.15) is 14.8 Å². The summed E-state index contributed by atoms with van der Waals surface area (Å²) >= 11 is 18.6. The molecular weight excluding hydrogens is 471 g/mol. The van der Waals surface area contributed by atoms with Gasteiger partial charge in [-0.25, -0.2) is 4.68 Å². The summed E-state index contributed by atoms with van der Waals surface area (Å²) in [6.07, 6.45) is 1.46. The Labute approximate surface area is 198 Å². The molecule has 0 aliphatic carbocycles. The second-order valence-electron chi connectivity index (χ2n) is 7.16. The molecule has 0 atom stereocenters. The number of hydrogen-bond donors (Lipinski definition) is 1. The summed E-state index contributed by atoms with van der Waals surface area (Å²) in [5, 5.41) is 16.0. The van der Waals surface area contributed by atoms with E-state index in [1.807, 2.05) is 19.1 Å². The minimum absolute atomic E-state index is 0.0899. The van der Waals surface area contributed by atoms with E-state index in [0.717, 1.165) is 15.9 Å². The van der Waals surface area contributed by atoms with Gasteiger partial charge in [0.1, 0.15) is 0 Å². The van der Waals surface area contributed by atoms with Crippen LogP contribution in [0.5, 0.6) is 0 Å². The maximum Gasteiger partial charge on any atom is 0.299 e. The Balaban J connectivity index is 1.93. The Bertz CT molecular complexity index is 1410. The number of carbonyl (C=O) groups is 1. The highest BCUT2D eigenvalue weighted by atomic mass is 35.5. The lowest BCUT2D eigenvalue weighted by molar-refractivity contribution is 0.0982. The number of benzene rings is 2. The fraction of sp³-hybridized carbons (Fsp3) is 0.0870. The third-order valence-electron chi connectivity index (χ3n) is 4.85. The predicted molar refractivity (Wildman–Crippen MR) is 125 cm³/mol. The summed E-state index contributed by atoms with van der Waals surface area (Å²) < 4.78 is 2.39. The van der Waals surface area contributed by atoms with E-state index >= 15 is 0 Å². The zero-order valence-electron chi connectivity index (χ0n) is 17.1. The molecule has 0 unspecified atom stereocenters. The van der Waals surface area contributed by atoms with Crippen molar-refractivity contribution in [2.45, 2.75) is 13.8 Å². The Kier molecular flexibility index (Phi) is 6.11. The monoisotopic (exact) mass is 486 g/mol. The lowest BCUT2D eigenvalue weighted by Crippen LogP contribution is -2.20. The first-order valence-electron chi connectivity index (χ1n) is 9.53. The van der Waals surface area contributed by atoms with Crippen LogP contribution in [0.2, 0.25) is 15.1 Å². The summed E-state index contributed by atoms with van der Waals surface area (Å²) in [7, 11) is 0. The van der Waals surface area contributed by atoms with Gasteiger partial charge in [0.25, 0.3) is 5.91 Å². The molecule has 0 saturated heterocycles. The molecule has 1 amide bonds. The number of aromatic nitrogens is 3. The van der Waals surface area contributed by atoms with Crippen molar-refractivity contribution >= 4 is 40.7 Å². The van der Waals surface area contributed by atoms with Crippen molar-refractivity contribution in [2.75, 3.05) is 0 Å². The second-order valence-corrected chi connectivity index (χ2v) is 8.44. The molecule has 0 aliphatic rings. The molecule has 0 aliphatic heterocycles. The van der Waals surface area contributed by atoms with Gasteiger partial charge in [-0.15, -0.1) is 0 Å². The third kappa shape index (κ3) is 4.30. The van der Waals surface area contributed by atoms with Gasteiger partial charge in [0.15, 0.2) is 11.2 Å². The van der Waals surface area contributed by atoms with Gasteiger partial charge in [0, 0.05) is 27.4 Å². The summed E-state index contributed by atoms with van der Waals surface area (Å²) in [6, 6.07) is 15.5. The molecule has 2 heterocycles. The summed E-state index contributed by atoms with van der Waals surface area (Å²) in [5.74, 6) is -0.604. The van der Waals surface area contributed by atoms with Crippen LogP contribution in [-0.2, 0) is 0 Å². The first-order chi connectivity index (χ1) is 15.2. The molecule has 0 fully saturated rings. The van der Waals surface area contributed by atoms with E-state index in [1.54, 1.807) is 54.1 Å². The quantitative estimate of drug-likeness (QED) is 0.366. The van der Waals surface area contributed by atoms with Crippen molar-refractivity contribution in [3.8, 4) is 16.9 Å². The van der Waals surface area contributed by atoms with Gasteiger partial charge in [0.2, 0.25) is 0 Å². The fourth-order valence-electron chi connectivity index (χ4n) is 3.30.